The van der Waals surface area contributed by atoms with Gasteiger partial charge in [0.25, 0.3) is 11.6 Å². The summed E-state index contributed by atoms with van der Waals surface area (Å²) >= 11 is 3.12. The lowest BCUT2D eigenvalue weighted by atomic mass is 10.1. The number of benzene rings is 1. The molecule has 102 valence electrons. The first-order valence-corrected chi connectivity index (χ1v) is 6.07. The van der Waals surface area contributed by atoms with Gasteiger partial charge in [-0.1, -0.05) is 0 Å². The smallest absolute Gasteiger partial charge is 0.305 e. The van der Waals surface area contributed by atoms with E-state index in [1.54, 1.807) is 0 Å². The van der Waals surface area contributed by atoms with Crippen LogP contribution in [0.25, 0.3) is 0 Å². The molecule has 0 heterocycles. The highest BCUT2D eigenvalue weighted by atomic mass is 79.9. The van der Waals surface area contributed by atoms with Gasteiger partial charge in [0, 0.05) is 22.6 Å². The molecular formula is C11H11BrN2O5. The number of nitrogens with zero attached hydrogens (tertiary/aromatic N) is 1. The van der Waals surface area contributed by atoms with Crippen LogP contribution in [0.1, 0.15) is 23.7 Å². The zero-order chi connectivity index (χ0) is 14.6. The molecular weight excluding hydrogens is 320 g/mol. The molecule has 1 aromatic rings. The number of hydrogen-bond acceptors (Lipinski definition) is 4. The molecule has 19 heavy (non-hydrogen) atoms. The molecule has 1 atom stereocenters. The number of carbonyl (C=O) groups is 2. The summed E-state index contributed by atoms with van der Waals surface area (Å²) in [6.07, 6.45) is -0.224. The summed E-state index contributed by atoms with van der Waals surface area (Å²) in [7, 11) is 0. The molecule has 0 aliphatic carbocycles. The minimum atomic E-state index is -1.04. The van der Waals surface area contributed by atoms with Crippen molar-refractivity contribution in [3.63, 3.8) is 0 Å². The van der Waals surface area contributed by atoms with Crippen LogP contribution < -0.4 is 5.32 Å². The number of amides is 1. The number of carboxylic acids is 1. The summed E-state index contributed by atoms with van der Waals surface area (Å²) in [5, 5.41) is 21.7. The third-order valence-electron chi connectivity index (χ3n) is 2.26. The average Bonchev–Trinajstić information content (AvgIpc) is 2.27. The molecule has 0 radical (unpaired) electrons. The van der Waals surface area contributed by atoms with Crippen LogP contribution in [0.5, 0.6) is 0 Å². The maximum absolute atomic E-state index is 11.9. The van der Waals surface area contributed by atoms with Gasteiger partial charge in [-0.05, 0) is 28.9 Å². The lowest BCUT2D eigenvalue weighted by Crippen LogP contribution is -2.34. The van der Waals surface area contributed by atoms with Crippen molar-refractivity contribution < 1.29 is 19.6 Å². The molecule has 1 rings (SSSR count). The molecule has 0 aromatic heterocycles. The normalized spacial score (nSPS) is 11.7. The van der Waals surface area contributed by atoms with Crippen LogP contribution in [-0.2, 0) is 4.79 Å². The largest absolute Gasteiger partial charge is 0.481 e. The summed E-state index contributed by atoms with van der Waals surface area (Å²) in [5.41, 5.74) is -0.120. The highest BCUT2D eigenvalue weighted by Crippen LogP contribution is 2.22. The Bertz CT molecular complexity index is 532. The Hall–Kier alpha value is -1.96. The first-order chi connectivity index (χ1) is 8.81. The van der Waals surface area contributed by atoms with E-state index in [1.165, 1.54) is 19.1 Å². The second kappa shape index (κ2) is 6.28. The topological polar surface area (TPSA) is 110 Å². The fraction of sp³-hybridized carbons (Fsp3) is 0.273. The van der Waals surface area contributed by atoms with Crippen molar-refractivity contribution in [3.8, 4) is 0 Å². The maximum Gasteiger partial charge on any atom is 0.305 e. The molecule has 0 saturated carbocycles. The van der Waals surface area contributed by atoms with Gasteiger partial charge in [0.1, 0.15) is 0 Å². The number of nitro benzene ring substituents is 1. The van der Waals surface area contributed by atoms with Gasteiger partial charge in [0.2, 0.25) is 0 Å². The molecule has 1 amide bonds. The average molecular weight is 331 g/mol. The Morgan fingerprint density at radius 3 is 2.68 bits per heavy atom. The number of carboxylic acid groups (broad SMARTS) is 1. The summed E-state index contributed by atoms with van der Waals surface area (Å²) in [6.45, 7) is 1.54. The molecule has 1 unspecified atom stereocenters. The highest BCUT2D eigenvalue weighted by Gasteiger charge is 2.18. The van der Waals surface area contributed by atoms with Gasteiger partial charge >= 0.3 is 5.97 Å². The Morgan fingerprint density at radius 2 is 2.16 bits per heavy atom. The van der Waals surface area contributed by atoms with E-state index in [9.17, 15) is 19.7 Å². The van der Waals surface area contributed by atoms with E-state index in [0.29, 0.717) is 4.47 Å². The maximum atomic E-state index is 11.9. The zero-order valence-corrected chi connectivity index (χ0v) is 11.5. The summed E-state index contributed by atoms with van der Waals surface area (Å²) in [6, 6.07) is 3.22. The quantitative estimate of drug-likeness (QED) is 0.633. The number of carbonyl (C=O) groups excluding carboxylic acids is 1. The molecule has 7 nitrogen and oxygen atoms in total. The van der Waals surface area contributed by atoms with Crippen molar-refractivity contribution >= 4 is 33.5 Å². The predicted molar refractivity (Wildman–Crippen MR) is 70.0 cm³/mol. The van der Waals surface area contributed by atoms with Gasteiger partial charge in [-0.25, -0.2) is 0 Å². The number of aliphatic carboxylic acids is 1. The van der Waals surface area contributed by atoms with E-state index in [-0.39, 0.29) is 17.7 Å². The third-order valence-corrected chi connectivity index (χ3v) is 2.96. The molecule has 0 spiro atoms. The molecule has 1 aromatic carbocycles. The van der Waals surface area contributed by atoms with Crippen molar-refractivity contribution in [1.82, 2.24) is 5.32 Å². The minimum absolute atomic E-state index is 0.0893. The molecule has 0 aliphatic rings. The minimum Gasteiger partial charge on any atom is -0.481 e. The summed E-state index contributed by atoms with van der Waals surface area (Å²) < 4.78 is 0.401. The first kappa shape index (κ1) is 15.1. The molecule has 0 saturated heterocycles. The molecule has 2 N–H and O–H groups in total. The number of hydrogen-bond donors (Lipinski definition) is 2. The van der Waals surface area contributed by atoms with Crippen LogP contribution in [0.4, 0.5) is 5.69 Å². The third kappa shape index (κ3) is 4.32. The number of non-ortho nitro benzene ring substituents is 1. The van der Waals surface area contributed by atoms with Gasteiger partial charge in [0.05, 0.1) is 16.9 Å². The lowest BCUT2D eigenvalue weighted by molar-refractivity contribution is -0.384. The fourth-order valence-corrected chi connectivity index (χ4v) is 1.84. The van der Waals surface area contributed by atoms with Crippen LogP contribution in [0.2, 0.25) is 0 Å². The second-order valence-electron chi connectivity index (χ2n) is 3.89. The monoisotopic (exact) mass is 330 g/mol. The molecule has 0 fully saturated rings. The number of halogens is 1. The Morgan fingerprint density at radius 1 is 1.53 bits per heavy atom. The summed E-state index contributed by atoms with van der Waals surface area (Å²) in [5.74, 6) is -1.60. The second-order valence-corrected chi connectivity index (χ2v) is 4.75. The van der Waals surface area contributed by atoms with Gasteiger partial charge in [-0.2, -0.15) is 0 Å². The lowest BCUT2D eigenvalue weighted by Gasteiger charge is -2.12. The van der Waals surface area contributed by atoms with Crippen molar-refractivity contribution in [3.05, 3.63) is 38.3 Å². The van der Waals surface area contributed by atoms with E-state index in [4.69, 9.17) is 5.11 Å². The van der Waals surface area contributed by atoms with Gasteiger partial charge in [-0.3, -0.25) is 19.7 Å². The van der Waals surface area contributed by atoms with Gasteiger partial charge < -0.3 is 10.4 Å². The van der Waals surface area contributed by atoms with Crippen LogP contribution in [0, 0.1) is 10.1 Å². The van der Waals surface area contributed by atoms with Crippen molar-refractivity contribution in [1.29, 1.82) is 0 Å². The molecule has 0 aliphatic heterocycles. The van der Waals surface area contributed by atoms with Crippen molar-refractivity contribution in [2.75, 3.05) is 0 Å². The zero-order valence-electron chi connectivity index (χ0n) is 9.92. The first-order valence-electron chi connectivity index (χ1n) is 5.28. The Labute approximate surface area is 116 Å². The van der Waals surface area contributed by atoms with Gasteiger partial charge in [-0.15, -0.1) is 0 Å². The predicted octanol–water partition coefficient (Wildman–Crippen LogP) is 1.95. The SMILES string of the molecule is CC(CC(=O)O)NC(=O)c1cc([N+](=O)[O-])ccc1Br. The van der Waals surface area contributed by atoms with E-state index in [2.05, 4.69) is 21.2 Å². The van der Waals surface area contributed by atoms with Crippen LogP contribution in [0.15, 0.2) is 22.7 Å². The Balaban J connectivity index is 2.90. The summed E-state index contributed by atoms with van der Waals surface area (Å²) in [4.78, 5) is 32.4. The number of nitro groups is 1. The van der Waals surface area contributed by atoms with E-state index in [0.717, 1.165) is 6.07 Å². The highest BCUT2D eigenvalue weighted by molar-refractivity contribution is 9.10. The fourth-order valence-electron chi connectivity index (χ4n) is 1.42. The standard InChI is InChI=1S/C11H11BrN2O5/c1-6(4-10(15)16)13-11(17)8-5-7(14(18)19)2-3-9(8)12/h2-3,5-6H,4H2,1H3,(H,13,17)(H,15,16). The van der Waals surface area contributed by atoms with Gasteiger partial charge in [0.15, 0.2) is 0 Å². The van der Waals surface area contributed by atoms with E-state index >= 15 is 0 Å². The van der Waals surface area contributed by atoms with E-state index < -0.39 is 22.8 Å². The van der Waals surface area contributed by atoms with Crippen LogP contribution in [0.3, 0.4) is 0 Å². The number of nitrogens with one attached hydrogen (secondary N) is 1. The number of rotatable bonds is 5. The van der Waals surface area contributed by atoms with Crippen molar-refractivity contribution in [2.45, 2.75) is 19.4 Å². The molecule has 0 bridgehead atoms. The molecule has 8 heteroatoms. The van der Waals surface area contributed by atoms with Crippen molar-refractivity contribution in [2.24, 2.45) is 0 Å². The van der Waals surface area contributed by atoms with E-state index in [1.807, 2.05) is 0 Å². The Kier molecular flexibility index (Phi) is 4.99. The van der Waals surface area contributed by atoms with Crippen LogP contribution >= 0.6 is 15.9 Å². The van der Waals surface area contributed by atoms with Crippen LogP contribution in [-0.4, -0.2) is 27.9 Å².